The van der Waals surface area contributed by atoms with Crippen molar-refractivity contribution in [3.8, 4) is 16.9 Å². The van der Waals surface area contributed by atoms with Crippen LogP contribution in [0.15, 0.2) is 67.0 Å². The van der Waals surface area contributed by atoms with Crippen LogP contribution in [0.25, 0.3) is 11.1 Å². The molecule has 4 rings (SSSR count). The molecule has 1 aliphatic heterocycles. The molecule has 0 N–H and O–H groups in total. The molecule has 2 heterocycles. The van der Waals surface area contributed by atoms with Gasteiger partial charge in [0.05, 0.1) is 23.8 Å². The van der Waals surface area contributed by atoms with Gasteiger partial charge in [-0.2, -0.15) is 0 Å². The number of rotatable bonds is 4. The molecule has 0 atom stereocenters. The molecule has 0 radical (unpaired) electrons. The van der Waals surface area contributed by atoms with Gasteiger partial charge in [-0.15, -0.1) is 0 Å². The molecule has 7 nitrogen and oxygen atoms in total. The maximum absolute atomic E-state index is 12.5. The Labute approximate surface area is 160 Å². The van der Waals surface area contributed by atoms with Gasteiger partial charge in [0, 0.05) is 18.0 Å². The highest BCUT2D eigenvalue weighted by Gasteiger charge is 2.38. The lowest BCUT2D eigenvalue weighted by atomic mass is 10.1. The SMILES string of the molecule is COc1ccc(-c2cncc(C(=O)ON3C(=O)c4ccccc4C3=O)c2)cc1. The average Bonchev–Trinajstić information content (AvgIpc) is 2.99. The molecule has 2 amide bonds. The zero-order valence-electron chi connectivity index (χ0n) is 14.8. The Hall–Kier alpha value is -4.00. The Kier molecular flexibility index (Phi) is 4.33. The largest absolute Gasteiger partial charge is 0.497 e. The number of hydroxylamine groups is 2. The van der Waals surface area contributed by atoms with Crippen LogP contribution in [0.4, 0.5) is 0 Å². The van der Waals surface area contributed by atoms with Crippen molar-refractivity contribution in [2.24, 2.45) is 0 Å². The van der Waals surface area contributed by atoms with Crippen molar-refractivity contribution in [2.75, 3.05) is 7.11 Å². The third-order valence-corrected chi connectivity index (χ3v) is 4.33. The first-order chi connectivity index (χ1) is 13.6. The van der Waals surface area contributed by atoms with E-state index in [-0.39, 0.29) is 16.7 Å². The van der Waals surface area contributed by atoms with Gasteiger partial charge in [0.25, 0.3) is 11.8 Å². The van der Waals surface area contributed by atoms with Crippen molar-refractivity contribution >= 4 is 17.8 Å². The number of methoxy groups -OCH3 is 1. The molecule has 0 saturated heterocycles. The number of benzene rings is 2. The smallest absolute Gasteiger partial charge is 0.365 e. The van der Waals surface area contributed by atoms with Gasteiger partial charge in [0.2, 0.25) is 0 Å². The minimum Gasteiger partial charge on any atom is -0.497 e. The van der Waals surface area contributed by atoms with E-state index < -0.39 is 17.8 Å². The molecule has 1 aromatic heterocycles. The second-order valence-corrected chi connectivity index (χ2v) is 6.02. The van der Waals surface area contributed by atoms with Gasteiger partial charge < -0.3 is 9.57 Å². The Bertz CT molecular complexity index is 1060. The monoisotopic (exact) mass is 374 g/mol. The van der Waals surface area contributed by atoms with Crippen LogP contribution in [0, 0.1) is 0 Å². The van der Waals surface area contributed by atoms with Crippen molar-refractivity contribution in [1.82, 2.24) is 10.0 Å². The quantitative estimate of drug-likeness (QED) is 0.652. The van der Waals surface area contributed by atoms with E-state index >= 15 is 0 Å². The number of imide groups is 1. The number of ether oxygens (including phenoxy) is 1. The standard InChI is InChI=1S/C21H14N2O5/c1-27-16-8-6-13(7-9-16)14-10-15(12-22-11-14)21(26)28-23-19(24)17-4-2-3-5-18(17)20(23)25/h2-12H,1H3. The fourth-order valence-electron chi connectivity index (χ4n) is 2.88. The summed E-state index contributed by atoms with van der Waals surface area (Å²) in [6.07, 6.45) is 2.91. The van der Waals surface area contributed by atoms with Gasteiger partial charge >= 0.3 is 5.97 Å². The van der Waals surface area contributed by atoms with Crippen molar-refractivity contribution in [2.45, 2.75) is 0 Å². The minimum atomic E-state index is -0.850. The van der Waals surface area contributed by atoms with E-state index in [9.17, 15) is 14.4 Å². The number of pyridine rings is 1. The van der Waals surface area contributed by atoms with Crippen LogP contribution in [-0.4, -0.2) is 34.9 Å². The average molecular weight is 374 g/mol. The second-order valence-electron chi connectivity index (χ2n) is 6.02. The summed E-state index contributed by atoms with van der Waals surface area (Å²) < 4.78 is 5.13. The number of amides is 2. The summed E-state index contributed by atoms with van der Waals surface area (Å²) in [7, 11) is 1.58. The maximum atomic E-state index is 12.5. The molecule has 0 unspecified atom stereocenters. The Morgan fingerprint density at radius 1 is 0.893 bits per heavy atom. The van der Waals surface area contributed by atoms with Crippen molar-refractivity contribution in [3.63, 3.8) is 0 Å². The summed E-state index contributed by atoms with van der Waals surface area (Å²) in [5.74, 6) is -1.49. The summed E-state index contributed by atoms with van der Waals surface area (Å²) in [6, 6.07) is 15.1. The van der Waals surface area contributed by atoms with E-state index in [0.29, 0.717) is 16.4 Å². The Balaban J connectivity index is 1.56. The lowest BCUT2D eigenvalue weighted by Crippen LogP contribution is -2.32. The van der Waals surface area contributed by atoms with Crippen LogP contribution in [0.5, 0.6) is 5.75 Å². The van der Waals surface area contributed by atoms with Crippen LogP contribution in [0.2, 0.25) is 0 Å². The summed E-state index contributed by atoms with van der Waals surface area (Å²) in [5.41, 5.74) is 2.02. The lowest BCUT2D eigenvalue weighted by molar-refractivity contribution is -0.0584. The summed E-state index contributed by atoms with van der Waals surface area (Å²) >= 11 is 0. The second kappa shape index (κ2) is 6.96. The van der Waals surface area contributed by atoms with E-state index in [2.05, 4.69) is 4.98 Å². The number of aromatic nitrogens is 1. The van der Waals surface area contributed by atoms with E-state index in [4.69, 9.17) is 9.57 Å². The van der Waals surface area contributed by atoms with Gasteiger partial charge in [-0.3, -0.25) is 14.6 Å². The fraction of sp³-hybridized carbons (Fsp3) is 0.0476. The summed E-state index contributed by atoms with van der Waals surface area (Å²) in [4.78, 5) is 46.3. The third-order valence-electron chi connectivity index (χ3n) is 4.33. The number of hydrogen-bond acceptors (Lipinski definition) is 6. The zero-order chi connectivity index (χ0) is 19.7. The number of carbonyl (C=O) groups excluding carboxylic acids is 3. The van der Waals surface area contributed by atoms with Crippen LogP contribution in [0.1, 0.15) is 31.1 Å². The van der Waals surface area contributed by atoms with Crippen LogP contribution in [0.3, 0.4) is 0 Å². The van der Waals surface area contributed by atoms with Crippen LogP contribution >= 0.6 is 0 Å². The lowest BCUT2D eigenvalue weighted by Gasteiger charge is -2.13. The fourth-order valence-corrected chi connectivity index (χ4v) is 2.88. The number of carbonyl (C=O) groups is 3. The molecule has 0 spiro atoms. The molecular weight excluding hydrogens is 360 g/mol. The molecule has 1 aliphatic rings. The van der Waals surface area contributed by atoms with Gasteiger partial charge in [-0.1, -0.05) is 29.3 Å². The molecular formula is C21H14N2O5. The number of fused-ring (bicyclic) bond motifs is 1. The van der Waals surface area contributed by atoms with Gasteiger partial charge in [0.1, 0.15) is 5.75 Å². The normalized spacial score (nSPS) is 12.7. The molecule has 138 valence electrons. The molecule has 0 bridgehead atoms. The van der Waals surface area contributed by atoms with E-state index in [0.717, 1.165) is 5.56 Å². The summed E-state index contributed by atoms with van der Waals surface area (Å²) in [6.45, 7) is 0. The van der Waals surface area contributed by atoms with Gasteiger partial charge in [-0.25, -0.2) is 4.79 Å². The van der Waals surface area contributed by atoms with E-state index in [1.54, 1.807) is 43.6 Å². The molecule has 0 aliphatic carbocycles. The summed E-state index contributed by atoms with van der Waals surface area (Å²) in [5, 5.41) is 0.479. The Morgan fingerprint density at radius 3 is 2.14 bits per heavy atom. The maximum Gasteiger partial charge on any atom is 0.365 e. The predicted molar refractivity (Wildman–Crippen MR) is 98.6 cm³/mol. The highest BCUT2D eigenvalue weighted by Crippen LogP contribution is 2.25. The zero-order valence-corrected chi connectivity index (χ0v) is 14.8. The van der Waals surface area contributed by atoms with Crippen LogP contribution < -0.4 is 4.74 Å². The highest BCUT2D eigenvalue weighted by atomic mass is 16.7. The van der Waals surface area contributed by atoms with Crippen molar-refractivity contribution < 1.29 is 24.0 Å². The molecule has 7 heteroatoms. The Morgan fingerprint density at radius 2 is 1.54 bits per heavy atom. The molecule has 28 heavy (non-hydrogen) atoms. The first-order valence-electron chi connectivity index (χ1n) is 8.38. The van der Waals surface area contributed by atoms with Crippen molar-refractivity contribution in [1.29, 1.82) is 0 Å². The van der Waals surface area contributed by atoms with Gasteiger partial charge in [-0.05, 0) is 35.9 Å². The number of hydrogen-bond donors (Lipinski definition) is 0. The van der Waals surface area contributed by atoms with Crippen LogP contribution in [-0.2, 0) is 4.84 Å². The van der Waals surface area contributed by atoms with Crippen molar-refractivity contribution in [3.05, 3.63) is 83.7 Å². The van der Waals surface area contributed by atoms with E-state index in [1.165, 1.54) is 18.3 Å². The first kappa shape index (κ1) is 17.4. The predicted octanol–water partition coefficient (Wildman–Crippen LogP) is 3.13. The first-order valence-corrected chi connectivity index (χ1v) is 8.38. The molecule has 3 aromatic rings. The number of nitrogens with zero attached hydrogens (tertiary/aromatic N) is 2. The minimum absolute atomic E-state index is 0.116. The third kappa shape index (κ3) is 2.99. The highest BCUT2D eigenvalue weighted by molar-refractivity contribution is 6.21. The van der Waals surface area contributed by atoms with Gasteiger partial charge in [0.15, 0.2) is 0 Å². The molecule has 2 aromatic carbocycles. The molecule has 0 saturated carbocycles. The topological polar surface area (TPSA) is 85.8 Å². The van der Waals surface area contributed by atoms with E-state index in [1.807, 2.05) is 12.1 Å². The molecule has 0 fully saturated rings.